The summed E-state index contributed by atoms with van der Waals surface area (Å²) in [7, 11) is 1.55. The Hall–Kier alpha value is -3.11. The molecule has 2 fully saturated rings. The Morgan fingerprint density at radius 3 is 2.44 bits per heavy atom. The van der Waals surface area contributed by atoms with Crippen molar-refractivity contribution in [1.82, 2.24) is 20.5 Å². The van der Waals surface area contributed by atoms with Crippen LogP contribution in [0.15, 0.2) is 36.5 Å². The lowest BCUT2D eigenvalue weighted by molar-refractivity contribution is -0.122. The van der Waals surface area contributed by atoms with E-state index in [1.54, 1.807) is 19.4 Å². The first-order valence-electron chi connectivity index (χ1n) is 11.3. The first kappa shape index (κ1) is 24.0. The number of carbonyl (C=O) groups is 2. The van der Waals surface area contributed by atoms with Gasteiger partial charge in [0.15, 0.2) is 0 Å². The second-order valence-electron chi connectivity index (χ2n) is 8.91. The Labute approximate surface area is 196 Å². The Morgan fingerprint density at radius 1 is 1.18 bits per heavy atom. The van der Waals surface area contributed by atoms with Gasteiger partial charge in [0.25, 0.3) is 5.91 Å². The maximum Gasteiger partial charge on any atom is 0.251 e. The highest BCUT2D eigenvalue weighted by Gasteiger charge is 2.40. The molecule has 1 aromatic carbocycles. The van der Waals surface area contributed by atoms with Gasteiger partial charge in [-0.2, -0.15) is 0 Å². The molecule has 0 atom stereocenters. The number of aliphatic hydroxyl groups is 1. The van der Waals surface area contributed by atoms with Gasteiger partial charge >= 0.3 is 0 Å². The number of hydrogen-bond acceptors (Lipinski definition) is 6. The molecule has 0 spiro atoms. The number of aromatic nitrogens is 1. The average Bonchev–Trinajstić information content (AvgIpc) is 2.80. The summed E-state index contributed by atoms with van der Waals surface area (Å²) in [6.07, 6.45) is 4.60. The lowest BCUT2D eigenvalue weighted by Gasteiger charge is -2.48. The van der Waals surface area contributed by atoms with E-state index in [2.05, 4.69) is 20.5 Å². The Bertz CT molecular complexity index is 1020. The molecule has 4 rings (SSSR count). The van der Waals surface area contributed by atoms with Gasteiger partial charge in [-0.05, 0) is 43.9 Å². The third kappa shape index (κ3) is 5.51. The van der Waals surface area contributed by atoms with Gasteiger partial charge in [0.05, 0.1) is 25.3 Å². The number of carbonyl (C=O) groups excluding carboxylic acids is 2. The summed E-state index contributed by atoms with van der Waals surface area (Å²) in [4.78, 5) is 30.6. The predicted octanol–water partition coefficient (Wildman–Crippen LogP) is 1.73. The number of nitrogens with one attached hydrogen (secondary N) is 2. The van der Waals surface area contributed by atoms with Gasteiger partial charge < -0.3 is 20.5 Å². The highest BCUT2D eigenvalue weighted by atomic mass is 19.1. The topological polar surface area (TPSA) is 104 Å². The third-order valence-corrected chi connectivity index (χ3v) is 6.59. The zero-order valence-corrected chi connectivity index (χ0v) is 18.9. The zero-order chi connectivity index (χ0) is 24.3. The van der Waals surface area contributed by atoms with Crippen LogP contribution in [0.25, 0.3) is 0 Å². The van der Waals surface area contributed by atoms with Crippen LogP contribution in [-0.2, 0) is 10.4 Å². The normalized spacial score (nSPS) is 23.1. The molecule has 8 nitrogen and oxygen atoms in total. The maximum absolute atomic E-state index is 13.2. The lowest BCUT2D eigenvalue weighted by Crippen LogP contribution is -2.63. The van der Waals surface area contributed by atoms with Gasteiger partial charge in [-0.1, -0.05) is 0 Å². The smallest absolute Gasteiger partial charge is 0.251 e. The standard InChI is InChI=1S/C24H28F2N4O4/c1-34-22-3-2-16(11-27-22)24(33)6-4-20(5-7-24)30-13-19(14-30)29-21(31)12-28-23(32)15-8-17(25)10-18(26)9-15/h2-3,8-11,19-20,33H,4-7,12-14H2,1H3,(H,28,32)(H,29,31)/t20-,24-. The fourth-order valence-electron chi connectivity index (χ4n) is 4.64. The highest BCUT2D eigenvalue weighted by molar-refractivity contribution is 5.96. The molecular weight excluding hydrogens is 446 g/mol. The van der Waals surface area contributed by atoms with Crippen molar-refractivity contribution >= 4 is 11.8 Å². The second-order valence-corrected chi connectivity index (χ2v) is 8.91. The summed E-state index contributed by atoms with van der Waals surface area (Å²) in [5.41, 5.74) is -0.275. The summed E-state index contributed by atoms with van der Waals surface area (Å²) in [6.45, 7) is 1.11. The first-order valence-corrected chi connectivity index (χ1v) is 11.3. The summed E-state index contributed by atoms with van der Waals surface area (Å²) < 4.78 is 31.5. The molecule has 1 saturated carbocycles. The molecule has 1 aromatic heterocycles. The van der Waals surface area contributed by atoms with Gasteiger partial charge in [0, 0.05) is 48.6 Å². The van der Waals surface area contributed by atoms with E-state index >= 15 is 0 Å². The molecule has 3 N–H and O–H groups in total. The van der Waals surface area contributed by atoms with Crippen molar-refractivity contribution in [3.63, 3.8) is 0 Å². The van der Waals surface area contributed by atoms with E-state index < -0.39 is 23.1 Å². The van der Waals surface area contributed by atoms with Crippen LogP contribution in [0.4, 0.5) is 8.78 Å². The summed E-state index contributed by atoms with van der Waals surface area (Å²) in [5.74, 6) is -2.28. The zero-order valence-electron chi connectivity index (χ0n) is 18.9. The highest BCUT2D eigenvalue weighted by Crippen LogP contribution is 2.39. The molecule has 10 heteroatoms. The molecule has 0 unspecified atom stereocenters. The van der Waals surface area contributed by atoms with E-state index in [1.807, 2.05) is 6.07 Å². The number of likely N-dealkylation sites (tertiary alicyclic amines) is 1. The Balaban J connectivity index is 1.17. The largest absolute Gasteiger partial charge is 0.481 e. The summed E-state index contributed by atoms with van der Waals surface area (Å²) in [5, 5.41) is 16.3. The van der Waals surface area contributed by atoms with Crippen molar-refractivity contribution in [2.24, 2.45) is 0 Å². The van der Waals surface area contributed by atoms with Crippen molar-refractivity contribution in [3.05, 3.63) is 59.3 Å². The number of pyridine rings is 1. The fourth-order valence-corrected chi connectivity index (χ4v) is 4.64. The van der Waals surface area contributed by atoms with E-state index in [-0.39, 0.29) is 24.1 Å². The van der Waals surface area contributed by atoms with Crippen LogP contribution in [0.3, 0.4) is 0 Å². The molecule has 34 heavy (non-hydrogen) atoms. The van der Waals surface area contributed by atoms with E-state index in [0.29, 0.717) is 43.9 Å². The first-order chi connectivity index (χ1) is 16.3. The number of halogens is 2. The van der Waals surface area contributed by atoms with Crippen LogP contribution in [-0.4, -0.2) is 65.6 Å². The maximum atomic E-state index is 13.2. The Morgan fingerprint density at radius 2 is 1.85 bits per heavy atom. The van der Waals surface area contributed by atoms with Crippen LogP contribution in [0, 0.1) is 11.6 Å². The SMILES string of the molecule is COc1ccc([C@]2(O)CC[C@H](N3CC(NC(=O)CNC(=O)c4cc(F)cc(F)c4)C3)CC2)cn1. The van der Waals surface area contributed by atoms with E-state index in [4.69, 9.17) is 4.74 Å². The van der Waals surface area contributed by atoms with Crippen molar-refractivity contribution in [2.75, 3.05) is 26.7 Å². The number of ether oxygens (including phenoxy) is 1. The van der Waals surface area contributed by atoms with Crippen LogP contribution < -0.4 is 15.4 Å². The molecule has 2 aromatic rings. The lowest BCUT2D eigenvalue weighted by atomic mass is 9.77. The molecule has 1 aliphatic carbocycles. The third-order valence-electron chi connectivity index (χ3n) is 6.59. The minimum atomic E-state index is -0.892. The van der Waals surface area contributed by atoms with Crippen molar-refractivity contribution < 1.29 is 28.2 Å². The fraction of sp³-hybridized carbons (Fsp3) is 0.458. The summed E-state index contributed by atoms with van der Waals surface area (Å²) in [6, 6.07) is 6.42. The number of hydrogen-bond donors (Lipinski definition) is 3. The van der Waals surface area contributed by atoms with Gasteiger partial charge in [0.2, 0.25) is 11.8 Å². The molecule has 1 aliphatic heterocycles. The van der Waals surface area contributed by atoms with Crippen LogP contribution in [0.2, 0.25) is 0 Å². The van der Waals surface area contributed by atoms with Crippen molar-refractivity contribution in [3.8, 4) is 5.88 Å². The number of benzene rings is 1. The molecule has 2 heterocycles. The molecule has 1 saturated heterocycles. The average molecular weight is 475 g/mol. The Kier molecular flexibility index (Phi) is 7.08. The summed E-state index contributed by atoms with van der Waals surface area (Å²) >= 11 is 0. The molecular formula is C24H28F2N4O4. The van der Waals surface area contributed by atoms with E-state index in [1.165, 1.54) is 0 Å². The van der Waals surface area contributed by atoms with Crippen molar-refractivity contribution in [1.29, 1.82) is 0 Å². The predicted molar refractivity (Wildman–Crippen MR) is 119 cm³/mol. The minimum Gasteiger partial charge on any atom is -0.481 e. The molecule has 0 radical (unpaired) electrons. The molecule has 2 amide bonds. The van der Waals surface area contributed by atoms with E-state index in [9.17, 15) is 23.5 Å². The monoisotopic (exact) mass is 474 g/mol. The number of nitrogens with zero attached hydrogens (tertiary/aromatic N) is 2. The molecule has 0 bridgehead atoms. The molecule has 2 aliphatic rings. The van der Waals surface area contributed by atoms with E-state index in [0.717, 1.165) is 30.5 Å². The van der Waals surface area contributed by atoms with Crippen LogP contribution in [0.5, 0.6) is 5.88 Å². The second kappa shape index (κ2) is 10.0. The van der Waals surface area contributed by atoms with Gasteiger partial charge in [-0.25, -0.2) is 13.8 Å². The van der Waals surface area contributed by atoms with Gasteiger partial charge in [0.1, 0.15) is 11.6 Å². The number of amides is 2. The quantitative estimate of drug-likeness (QED) is 0.565. The van der Waals surface area contributed by atoms with Gasteiger partial charge in [-0.3, -0.25) is 14.5 Å². The van der Waals surface area contributed by atoms with Crippen molar-refractivity contribution in [2.45, 2.75) is 43.4 Å². The van der Waals surface area contributed by atoms with Crippen LogP contribution in [0.1, 0.15) is 41.6 Å². The van der Waals surface area contributed by atoms with Gasteiger partial charge in [-0.15, -0.1) is 0 Å². The number of methoxy groups -OCH3 is 1. The van der Waals surface area contributed by atoms with Crippen LogP contribution >= 0.6 is 0 Å². The number of rotatable bonds is 7. The minimum absolute atomic E-state index is 0.0254. The molecule has 182 valence electrons.